The number of hydrogen-bond donors (Lipinski definition) is 0. The number of piperazine rings is 1. The van der Waals surface area contributed by atoms with E-state index in [9.17, 15) is 13.2 Å². The Bertz CT molecular complexity index is 918. The van der Waals surface area contributed by atoms with Crippen molar-refractivity contribution in [2.75, 3.05) is 31.1 Å². The third kappa shape index (κ3) is 4.61. The van der Waals surface area contributed by atoms with Gasteiger partial charge >= 0.3 is 0 Å². The summed E-state index contributed by atoms with van der Waals surface area (Å²) in [5.41, 5.74) is 0.699. The quantitative estimate of drug-likeness (QED) is 0.715. The topological polar surface area (TPSA) is 70.6 Å². The molecule has 6 nitrogen and oxygen atoms in total. The Morgan fingerprint density at radius 1 is 1.11 bits per heavy atom. The molecule has 1 aliphatic heterocycles. The predicted molar refractivity (Wildman–Crippen MR) is 106 cm³/mol. The number of allylic oxidation sites excluding steroid dienone is 1. The van der Waals surface area contributed by atoms with Crippen molar-refractivity contribution in [3.63, 3.8) is 0 Å². The fraction of sp³-hybridized carbons (Fsp3) is 0.300. The number of ketones is 1. The van der Waals surface area contributed by atoms with Crippen LogP contribution in [0.15, 0.2) is 59.6 Å². The van der Waals surface area contributed by atoms with E-state index in [1.54, 1.807) is 43.5 Å². The average Bonchev–Trinajstić information content (AvgIpc) is 2.73. The van der Waals surface area contributed by atoms with Crippen molar-refractivity contribution < 1.29 is 13.2 Å². The van der Waals surface area contributed by atoms with Gasteiger partial charge in [-0.05, 0) is 35.9 Å². The van der Waals surface area contributed by atoms with Crippen molar-refractivity contribution in [1.29, 1.82) is 0 Å². The van der Waals surface area contributed by atoms with E-state index in [1.165, 1.54) is 10.4 Å². The maximum Gasteiger partial charge on any atom is 0.243 e. The number of carbonyl (C=O) groups excluding carboxylic acids is 1. The lowest BCUT2D eigenvalue weighted by atomic mass is 10.2. The van der Waals surface area contributed by atoms with Gasteiger partial charge in [0.1, 0.15) is 5.82 Å². The van der Waals surface area contributed by atoms with Crippen LogP contribution in [0.1, 0.15) is 18.9 Å². The molecule has 7 heteroatoms. The van der Waals surface area contributed by atoms with E-state index in [0.717, 1.165) is 5.82 Å². The van der Waals surface area contributed by atoms with Crippen LogP contribution >= 0.6 is 0 Å². The zero-order valence-electron chi connectivity index (χ0n) is 15.3. The molecule has 0 atom stereocenters. The largest absolute Gasteiger partial charge is 0.354 e. The molecule has 0 spiro atoms. The number of aromatic nitrogens is 1. The number of hydrogen-bond acceptors (Lipinski definition) is 5. The van der Waals surface area contributed by atoms with Crippen molar-refractivity contribution in [2.24, 2.45) is 0 Å². The minimum Gasteiger partial charge on any atom is -0.354 e. The number of rotatable bonds is 6. The lowest BCUT2D eigenvalue weighted by molar-refractivity contribution is -0.114. The van der Waals surface area contributed by atoms with Gasteiger partial charge < -0.3 is 4.90 Å². The van der Waals surface area contributed by atoms with E-state index in [-0.39, 0.29) is 10.7 Å². The summed E-state index contributed by atoms with van der Waals surface area (Å²) >= 11 is 0. The van der Waals surface area contributed by atoms with E-state index < -0.39 is 10.0 Å². The molecule has 27 heavy (non-hydrogen) atoms. The lowest BCUT2D eigenvalue weighted by Gasteiger charge is -2.34. The van der Waals surface area contributed by atoms with Crippen LogP contribution < -0.4 is 4.90 Å². The highest BCUT2D eigenvalue weighted by atomic mass is 32.2. The van der Waals surface area contributed by atoms with Crippen LogP contribution in [0, 0.1) is 0 Å². The zero-order chi connectivity index (χ0) is 19.3. The molecule has 1 fully saturated rings. The summed E-state index contributed by atoms with van der Waals surface area (Å²) in [5, 5.41) is 0. The van der Waals surface area contributed by atoms with Gasteiger partial charge in [0.2, 0.25) is 10.0 Å². The smallest absolute Gasteiger partial charge is 0.243 e. The second kappa shape index (κ2) is 8.45. The molecule has 3 rings (SSSR count). The number of sulfonamides is 1. The van der Waals surface area contributed by atoms with Crippen LogP contribution in [0.25, 0.3) is 6.08 Å². The maximum atomic E-state index is 13.0. The molecule has 0 unspecified atom stereocenters. The Hall–Kier alpha value is -2.51. The summed E-state index contributed by atoms with van der Waals surface area (Å²) < 4.78 is 27.5. The predicted octanol–water partition coefficient (Wildman–Crippen LogP) is 2.58. The molecule has 0 aliphatic carbocycles. The fourth-order valence-corrected chi connectivity index (χ4v) is 4.41. The van der Waals surface area contributed by atoms with Crippen LogP contribution in [0.2, 0.25) is 0 Å². The number of carbonyl (C=O) groups is 1. The fourth-order valence-electron chi connectivity index (χ4n) is 2.93. The van der Waals surface area contributed by atoms with Gasteiger partial charge in [-0.3, -0.25) is 4.79 Å². The Kier molecular flexibility index (Phi) is 6.03. The molecule has 2 heterocycles. The molecule has 2 aromatic rings. The minimum atomic E-state index is -3.57. The third-order valence-corrected chi connectivity index (χ3v) is 6.41. The van der Waals surface area contributed by atoms with E-state index in [1.807, 2.05) is 18.2 Å². The van der Waals surface area contributed by atoms with E-state index in [0.29, 0.717) is 38.2 Å². The molecule has 1 saturated heterocycles. The summed E-state index contributed by atoms with van der Waals surface area (Å²) in [6, 6.07) is 12.4. The Balaban J connectivity index is 1.72. The molecule has 0 saturated carbocycles. The zero-order valence-corrected chi connectivity index (χ0v) is 16.1. The van der Waals surface area contributed by atoms with Gasteiger partial charge in [0.05, 0.1) is 4.90 Å². The number of benzene rings is 1. The van der Waals surface area contributed by atoms with Crippen LogP contribution in [-0.2, 0) is 14.8 Å². The van der Waals surface area contributed by atoms with Crippen molar-refractivity contribution >= 4 is 27.7 Å². The number of anilines is 1. The summed E-state index contributed by atoms with van der Waals surface area (Å²) in [6.45, 7) is 3.81. The van der Waals surface area contributed by atoms with Gasteiger partial charge in [-0.15, -0.1) is 0 Å². The van der Waals surface area contributed by atoms with E-state index >= 15 is 0 Å². The first-order valence-corrected chi connectivity index (χ1v) is 10.4. The first kappa shape index (κ1) is 19.3. The second-order valence-corrected chi connectivity index (χ2v) is 8.24. The van der Waals surface area contributed by atoms with Crippen LogP contribution in [0.3, 0.4) is 0 Å². The van der Waals surface area contributed by atoms with Gasteiger partial charge in [0.15, 0.2) is 5.78 Å². The molecule has 1 aromatic heterocycles. The minimum absolute atomic E-state index is 0.00824. The van der Waals surface area contributed by atoms with Crippen molar-refractivity contribution in [1.82, 2.24) is 9.29 Å². The summed E-state index contributed by atoms with van der Waals surface area (Å²) in [5.74, 6) is 0.871. The normalized spacial score (nSPS) is 16.0. The summed E-state index contributed by atoms with van der Waals surface area (Å²) in [6.07, 6.45) is 5.30. The van der Waals surface area contributed by atoms with Crippen molar-refractivity contribution in [2.45, 2.75) is 18.2 Å². The molecule has 0 bridgehead atoms. The molecule has 1 aliphatic rings. The molecule has 0 radical (unpaired) electrons. The first-order valence-electron chi connectivity index (χ1n) is 8.98. The van der Waals surface area contributed by atoms with E-state index in [4.69, 9.17) is 0 Å². The molecular weight excluding hydrogens is 362 g/mol. The lowest BCUT2D eigenvalue weighted by Crippen LogP contribution is -2.48. The highest BCUT2D eigenvalue weighted by Crippen LogP contribution is 2.21. The van der Waals surface area contributed by atoms with Gasteiger partial charge in [-0.1, -0.05) is 31.2 Å². The Morgan fingerprint density at radius 2 is 1.89 bits per heavy atom. The Labute approximate surface area is 160 Å². The molecular formula is C20H23N3O3S. The van der Waals surface area contributed by atoms with Gasteiger partial charge in [-0.25, -0.2) is 13.4 Å². The maximum absolute atomic E-state index is 13.0. The summed E-state index contributed by atoms with van der Waals surface area (Å²) in [4.78, 5) is 18.1. The first-order chi connectivity index (χ1) is 13.0. The van der Waals surface area contributed by atoms with E-state index in [2.05, 4.69) is 9.88 Å². The van der Waals surface area contributed by atoms with Gasteiger partial charge in [-0.2, -0.15) is 4.31 Å². The molecule has 1 aromatic carbocycles. The number of pyridine rings is 1. The SMILES string of the molecule is CCC(=O)/C=C/c1cccc(S(=O)(=O)N2CCN(c3ccccn3)CC2)c1. The highest BCUT2D eigenvalue weighted by Gasteiger charge is 2.28. The number of nitrogens with zero attached hydrogens (tertiary/aromatic N) is 3. The van der Waals surface area contributed by atoms with Gasteiger partial charge in [0, 0.05) is 38.8 Å². The van der Waals surface area contributed by atoms with Crippen molar-refractivity contribution in [3.05, 3.63) is 60.3 Å². The van der Waals surface area contributed by atoms with Crippen LogP contribution in [0.4, 0.5) is 5.82 Å². The standard InChI is InChI=1S/C20H23N3O3S/c1-2-18(24)10-9-17-6-5-7-19(16-17)27(25,26)23-14-12-22(13-15-23)20-8-3-4-11-21-20/h3-11,16H,2,12-15H2,1H3/b10-9+. The van der Waals surface area contributed by atoms with Crippen molar-refractivity contribution in [3.8, 4) is 0 Å². The van der Waals surface area contributed by atoms with Crippen LogP contribution in [0.5, 0.6) is 0 Å². The molecule has 142 valence electrons. The molecule has 0 N–H and O–H groups in total. The average molecular weight is 385 g/mol. The molecule has 0 amide bonds. The Morgan fingerprint density at radius 3 is 2.56 bits per heavy atom. The van der Waals surface area contributed by atoms with Crippen LogP contribution in [-0.4, -0.2) is 49.7 Å². The highest BCUT2D eigenvalue weighted by molar-refractivity contribution is 7.89. The summed E-state index contributed by atoms with van der Waals surface area (Å²) in [7, 11) is -3.57. The monoisotopic (exact) mass is 385 g/mol. The van der Waals surface area contributed by atoms with Gasteiger partial charge in [0.25, 0.3) is 0 Å². The second-order valence-electron chi connectivity index (χ2n) is 6.30. The third-order valence-electron chi connectivity index (χ3n) is 4.52.